The van der Waals surface area contributed by atoms with Crippen LogP contribution in [0.4, 0.5) is 26.7 Å². The van der Waals surface area contributed by atoms with Crippen molar-refractivity contribution in [2.45, 2.75) is 33.3 Å². The molecular formula is C24H32N4O4. The van der Waals surface area contributed by atoms with Gasteiger partial charge in [-0.2, -0.15) is 0 Å². The maximum absolute atomic E-state index is 12.4. The minimum atomic E-state index is -0.492. The number of carbonyl (C=O) groups excluding carboxylic acids is 2. The monoisotopic (exact) mass is 440 g/mol. The molecule has 0 spiro atoms. The lowest BCUT2D eigenvalue weighted by Crippen LogP contribution is -2.50. The first-order chi connectivity index (χ1) is 15.2. The Morgan fingerprint density at radius 3 is 2.19 bits per heavy atom. The van der Waals surface area contributed by atoms with E-state index in [1.807, 2.05) is 64.1 Å². The molecule has 1 saturated heterocycles. The molecule has 8 heteroatoms. The summed E-state index contributed by atoms with van der Waals surface area (Å²) in [5.41, 5.74) is 2.80. The molecule has 0 radical (unpaired) electrons. The number of benzene rings is 2. The summed E-state index contributed by atoms with van der Waals surface area (Å²) in [4.78, 5) is 28.6. The minimum absolute atomic E-state index is 0.270. The summed E-state index contributed by atoms with van der Waals surface area (Å²) in [6.07, 6.45) is -0.270. The Kier molecular flexibility index (Phi) is 7.12. The van der Waals surface area contributed by atoms with E-state index >= 15 is 0 Å². The summed E-state index contributed by atoms with van der Waals surface area (Å²) in [5.74, 6) is 0.642. The minimum Gasteiger partial charge on any atom is -0.494 e. The quantitative estimate of drug-likeness (QED) is 0.720. The highest BCUT2D eigenvalue weighted by molar-refractivity contribution is 6.00. The SMILES string of the molecule is COc1c(C)cccc1NC(=O)Nc1ccc(N2CCN(C(=O)OC(C)(C)C)CC2)cc1. The van der Waals surface area contributed by atoms with Crippen LogP contribution in [0.2, 0.25) is 0 Å². The van der Waals surface area contributed by atoms with Crippen LogP contribution in [-0.2, 0) is 4.74 Å². The number of anilines is 3. The number of aryl methyl sites for hydroxylation is 1. The third-order valence-electron chi connectivity index (χ3n) is 5.09. The summed E-state index contributed by atoms with van der Waals surface area (Å²) in [7, 11) is 1.58. The highest BCUT2D eigenvalue weighted by Gasteiger charge is 2.26. The fourth-order valence-corrected chi connectivity index (χ4v) is 3.54. The average Bonchev–Trinajstić information content (AvgIpc) is 2.73. The summed E-state index contributed by atoms with van der Waals surface area (Å²) in [5, 5.41) is 5.67. The van der Waals surface area contributed by atoms with Crippen LogP contribution in [0, 0.1) is 6.92 Å². The number of ether oxygens (including phenoxy) is 2. The van der Waals surface area contributed by atoms with E-state index in [9.17, 15) is 9.59 Å². The largest absolute Gasteiger partial charge is 0.494 e. The van der Waals surface area contributed by atoms with E-state index in [0.717, 1.165) is 24.3 Å². The van der Waals surface area contributed by atoms with Gasteiger partial charge in [-0.25, -0.2) is 9.59 Å². The molecule has 1 aliphatic heterocycles. The smallest absolute Gasteiger partial charge is 0.410 e. The van der Waals surface area contributed by atoms with E-state index in [2.05, 4.69) is 15.5 Å². The molecule has 8 nitrogen and oxygen atoms in total. The van der Waals surface area contributed by atoms with Crippen molar-refractivity contribution in [2.75, 3.05) is 48.8 Å². The summed E-state index contributed by atoms with van der Waals surface area (Å²) < 4.78 is 10.8. The number of rotatable bonds is 4. The van der Waals surface area contributed by atoms with Gasteiger partial charge >= 0.3 is 12.1 Å². The number of hydrogen-bond acceptors (Lipinski definition) is 5. The van der Waals surface area contributed by atoms with Gasteiger partial charge in [0, 0.05) is 37.6 Å². The van der Waals surface area contributed by atoms with Crippen molar-refractivity contribution in [3.63, 3.8) is 0 Å². The second kappa shape index (κ2) is 9.80. The van der Waals surface area contributed by atoms with Crippen molar-refractivity contribution in [2.24, 2.45) is 0 Å². The van der Waals surface area contributed by atoms with E-state index < -0.39 is 5.60 Å². The Hall–Kier alpha value is -3.42. The number of para-hydroxylation sites is 1. The van der Waals surface area contributed by atoms with Gasteiger partial charge in [0.05, 0.1) is 12.8 Å². The molecule has 3 rings (SSSR count). The number of urea groups is 1. The van der Waals surface area contributed by atoms with Crippen molar-refractivity contribution in [1.82, 2.24) is 4.90 Å². The van der Waals surface area contributed by atoms with Crippen LogP contribution in [-0.4, -0.2) is 55.9 Å². The van der Waals surface area contributed by atoms with Crippen LogP contribution in [0.5, 0.6) is 5.75 Å². The van der Waals surface area contributed by atoms with Gasteiger partial charge < -0.3 is 29.9 Å². The second-order valence-corrected chi connectivity index (χ2v) is 8.74. The van der Waals surface area contributed by atoms with E-state index in [1.54, 1.807) is 18.1 Å². The molecule has 0 bridgehead atoms. The molecule has 0 aliphatic carbocycles. The number of carbonyl (C=O) groups is 2. The summed E-state index contributed by atoms with van der Waals surface area (Å²) in [6, 6.07) is 12.9. The highest BCUT2D eigenvalue weighted by Crippen LogP contribution is 2.28. The van der Waals surface area contributed by atoms with Gasteiger partial charge in [-0.15, -0.1) is 0 Å². The van der Waals surface area contributed by atoms with Gasteiger partial charge in [0.25, 0.3) is 0 Å². The van der Waals surface area contributed by atoms with Crippen molar-refractivity contribution in [3.05, 3.63) is 48.0 Å². The highest BCUT2D eigenvalue weighted by atomic mass is 16.6. The molecule has 32 heavy (non-hydrogen) atoms. The molecule has 0 saturated carbocycles. The van der Waals surface area contributed by atoms with Crippen molar-refractivity contribution in [3.8, 4) is 5.75 Å². The van der Waals surface area contributed by atoms with E-state index in [-0.39, 0.29) is 12.1 Å². The number of amides is 3. The van der Waals surface area contributed by atoms with E-state index in [1.165, 1.54) is 0 Å². The number of methoxy groups -OCH3 is 1. The molecule has 2 aromatic carbocycles. The predicted molar refractivity (Wildman–Crippen MR) is 127 cm³/mol. The van der Waals surface area contributed by atoms with Gasteiger partial charge in [-0.3, -0.25) is 0 Å². The fraction of sp³-hybridized carbons (Fsp3) is 0.417. The molecule has 0 unspecified atom stereocenters. The van der Waals surface area contributed by atoms with Crippen LogP contribution in [0.1, 0.15) is 26.3 Å². The van der Waals surface area contributed by atoms with Crippen LogP contribution in [0.15, 0.2) is 42.5 Å². The first-order valence-electron chi connectivity index (χ1n) is 10.7. The van der Waals surface area contributed by atoms with Crippen LogP contribution >= 0.6 is 0 Å². The maximum atomic E-state index is 12.4. The molecule has 172 valence electrons. The van der Waals surface area contributed by atoms with Gasteiger partial charge in [0.15, 0.2) is 0 Å². The van der Waals surface area contributed by atoms with Crippen LogP contribution in [0.3, 0.4) is 0 Å². The first-order valence-corrected chi connectivity index (χ1v) is 10.7. The molecule has 1 aliphatic rings. The zero-order valence-electron chi connectivity index (χ0n) is 19.4. The zero-order chi connectivity index (χ0) is 23.3. The molecule has 3 amide bonds. The Bertz CT molecular complexity index is 945. The molecule has 2 N–H and O–H groups in total. The Morgan fingerprint density at radius 2 is 1.59 bits per heavy atom. The van der Waals surface area contributed by atoms with Crippen molar-refractivity contribution < 1.29 is 19.1 Å². The fourth-order valence-electron chi connectivity index (χ4n) is 3.54. The number of nitrogens with one attached hydrogen (secondary N) is 2. The standard InChI is InChI=1S/C24H32N4O4/c1-17-7-6-8-20(21(17)31-5)26-22(29)25-18-9-11-19(12-10-18)27-13-15-28(16-14-27)23(30)32-24(2,3)4/h6-12H,13-16H2,1-5H3,(H2,25,26,29). The third kappa shape index (κ3) is 6.06. The van der Waals surface area contributed by atoms with Gasteiger partial charge in [0.2, 0.25) is 0 Å². The van der Waals surface area contributed by atoms with E-state index in [4.69, 9.17) is 9.47 Å². The number of nitrogens with zero attached hydrogens (tertiary/aromatic N) is 2. The van der Waals surface area contributed by atoms with Crippen molar-refractivity contribution >= 4 is 29.2 Å². The molecule has 0 aromatic heterocycles. The lowest BCUT2D eigenvalue weighted by Gasteiger charge is -2.36. The number of piperazine rings is 1. The van der Waals surface area contributed by atoms with Crippen LogP contribution < -0.4 is 20.3 Å². The van der Waals surface area contributed by atoms with Crippen LogP contribution in [0.25, 0.3) is 0 Å². The Morgan fingerprint density at radius 1 is 0.938 bits per heavy atom. The van der Waals surface area contributed by atoms with E-state index in [0.29, 0.717) is 30.2 Å². The normalized spacial score (nSPS) is 14.0. The molecular weight excluding hydrogens is 408 g/mol. The van der Waals surface area contributed by atoms with Gasteiger partial charge in [-0.1, -0.05) is 12.1 Å². The molecule has 2 aromatic rings. The predicted octanol–water partition coefficient (Wildman–Crippen LogP) is 4.70. The molecule has 0 atom stereocenters. The molecule has 1 heterocycles. The lowest BCUT2D eigenvalue weighted by molar-refractivity contribution is 0.0240. The Balaban J connectivity index is 1.53. The second-order valence-electron chi connectivity index (χ2n) is 8.74. The van der Waals surface area contributed by atoms with Gasteiger partial charge in [-0.05, 0) is 63.6 Å². The third-order valence-corrected chi connectivity index (χ3v) is 5.09. The van der Waals surface area contributed by atoms with Crippen molar-refractivity contribution in [1.29, 1.82) is 0 Å². The Labute approximate surface area is 189 Å². The first kappa shape index (κ1) is 23.2. The summed E-state index contributed by atoms with van der Waals surface area (Å²) >= 11 is 0. The lowest BCUT2D eigenvalue weighted by atomic mass is 10.2. The topological polar surface area (TPSA) is 83.1 Å². The maximum Gasteiger partial charge on any atom is 0.410 e. The zero-order valence-corrected chi connectivity index (χ0v) is 19.4. The van der Waals surface area contributed by atoms with Gasteiger partial charge in [0.1, 0.15) is 11.4 Å². The number of hydrogen-bond donors (Lipinski definition) is 2. The molecule has 1 fully saturated rings. The summed E-state index contributed by atoms with van der Waals surface area (Å²) in [6.45, 7) is 10.2. The average molecular weight is 441 g/mol.